The minimum Gasteiger partial charge on any atom is -0.362 e. The summed E-state index contributed by atoms with van der Waals surface area (Å²) in [5.74, 6) is 0. The van der Waals surface area contributed by atoms with Gasteiger partial charge in [0, 0.05) is 22.6 Å². The molecule has 0 saturated carbocycles. The quantitative estimate of drug-likeness (QED) is 0.549. The summed E-state index contributed by atoms with van der Waals surface area (Å²) in [6.45, 7) is 1.97. The van der Waals surface area contributed by atoms with Gasteiger partial charge in [-0.1, -0.05) is 45.7 Å². The molecule has 110 valence electrons. The number of nitrogens with zero attached hydrogens (tertiary/aromatic N) is 2. The standard InChI is InChI=1S/C15H14BrClN2O2/c1-10(12-5-3-4-6-13(12)17)18(2)14-8-7-11(16)9-15(14)19(20)21/h3-10H,1-2H3. The Morgan fingerprint density at radius 2 is 1.95 bits per heavy atom. The van der Waals surface area contributed by atoms with Crippen LogP contribution in [0.4, 0.5) is 11.4 Å². The molecule has 2 aromatic rings. The van der Waals surface area contributed by atoms with Gasteiger partial charge in [-0.2, -0.15) is 0 Å². The van der Waals surface area contributed by atoms with E-state index in [1.54, 1.807) is 12.1 Å². The first-order valence-electron chi connectivity index (χ1n) is 6.33. The van der Waals surface area contributed by atoms with Crippen LogP contribution in [0, 0.1) is 10.1 Å². The summed E-state index contributed by atoms with van der Waals surface area (Å²) in [4.78, 5) is 12.7. The Kier molecular flexibility index (Phi) is 4.85. The summed E-state index contributed by atoms with van der Waals surface area (Å²) in [5, 5.41) is 11.9. The lowest BCUT2D eigenvalue weighted by molar-refractivity contribution is -0.384. The average molecular weight is 370 g/mol. The van der Waals surface area contributed by atoms with Crippen molar-refractivity contribution in [3.8, 4) is 0 Å². The molecule has 0 fully saturated rings. The van der Waals surface area contributed by atoms with Crippen molar-refractivity contribution in [2.45, 2.75) is 13.0 Å². The fourth-order valence-corrected chi connectivity index (χ4v) is 2.81. The summed E-state index contributed by atoms with van der Waals surface area (Å²) in [7, 11) is 1.82. The van der Waals surface area contributed by atoms with E-state index in [0.29, 0.717) is 15.2 Å². The zero-order chi connectivity index (χ0) is 15.6. The first kappa shape index (κ1) is 15.8. The Morgan fingerprint density at radius 3 is 2.57 bits per heavy atom. The number of hydrogen-bond donors (Lipinski definition) is 0. The number of halogens is 2. The van der Waals surface area contributed by atoms with Gasteiger partial charge in [0.25, 0.3) is 5.69 Å². The lowest BCUT2D eigenvalue weighted by Gasteiger charge is -2.27. The maximum Gasteiger partial charge on any atom is 0.293 e. The van der Waals surface area contributed by atoms with E-state index < -0.39 is 0 Å². The van der Waals surface area contributed by atoms with Crippen molar-refractivity contribution in [2.75, 3.05) is 11.9 Å². The van der Waals surface area contributed by atoms with Gasteiger partial charge in [0.1, 0.15) is 5.69 Å². The van der Waals surface area contributed by atoms with E-state index in [1.807, 2.05) is 43.1 Å². The van der Waals surface area contributed by atoms with Gasteiger partial charge in [0.05, 0.1) is 11.0 Å². The smallest absolute Gasteiger partial charge is 0.293 e. The predicted octanol–water partition coefficient (Wildman–Crippen LogP) is 5.21. The number of benzene rings is 2. The third-order valence-electron chi connectivity index (χ3n) is 3.45. The molecule has 0 saturated heterocycles. The van der Waals surface area contributed by atoms with Gasteiger partial charge in [-0.15, -0.1) is 0 Å². The predicted molar refractivity (Wildman–Crippen MR) is 89.1 cm³/mol. The van der Waals surface area contributed by atoms with Gasteiger partial charge in [0.2, 0.25) is 0 Å². The van der Waals surface area contributed by atoms with Crippen LogP contribution >= 0.6 is 27.5 Å². The first-order valence-corrected chi connectivity index (χ1v) is 7.50. The summed E-state index contributed by atoms with van der Waals surface area (Å²) in [6, 6.07) is 12.4. The van der Waals surface area contributed by atoms with Crippen LogP contribution in [0.1, 0.15) is 18.5 Å². The molecule has 0 N–H and O–H groups in total. The second-order valence-electron chi connectivity index (χ2n) is 4.70. The summed E-state index contributed by atoms with van der Waals surface area (Å²) in [5.41, 5.74) is 1.54. The fraction of sp³-hybridized carbons (Fsp3) is 0.200. The molecule has 0 amide bonds. The SMILES string of the molecule is CC(c1ccccc1Cl)N(C)c1ccc(Br)cc1[N+](=O)[O-]. The summed E-state index contributed by atoms with van der Waals surface area (Å²) < 4.78 is 0.678. The molecule has 0 aromatic heterocycles. The number of nitro benzene ring substituents is 1. The van der Waals surface area contributed by atoms with E-state index in [-0.39, 0.29) is 16.7 Å². The highest BCUT2D eigenvalue weighted by molar-refractivity contribution is 9.10. The molecule has 1 unspecified atom stereocenters. The highest BCUT2D eigenvalue weighted by Gasteiger charge is 2.22. The lowest BCUT2D eigenvalue weighted by atomic mass is 10.1. The molecule has 0 aliphatic carbocycles. The monoisotopic (exact) mass is 368 g/mol. The average Bonchev–Trinajstić information content (AvgIpc) is 2.46. The molecule has 0 radical (unpaired) electrons. The maximum atomic E-state index is 11.2. The van der Waals surface area contributed by atoms with E-state index in [4.69, 9.17) is 11.6 Å². The zero-order valence-corrected chi connectivity index (χ0v) is 13.9. The van der Waals surface area contributed by atoms with E-state index in [1.165, 1.54) is 6.07 Å². The summed E-state index contributed by atoms with van der Waals surface area (Å²) >= 11 is 9.47. The molecular weight excluding hydrogens is 356 g/mol. The Morgan fingerprint density at radius 1 is 1.29 bits per heavy atom. The highest BCUT2D eigenvalue weighted by Crippen LogP contribution is 2.36. The minimum atomic E-state index is -0.379. The van der Waals surface area contributed by atoms with Crippen molar-refractivity contribution in [1.82, 2.24) is 0 Å². The van der Waals surface area contributed by atoms with Crippen LogP contribution in [-0.4, -0.2) is 12.0 Å². The molecule has 6 heteroatoms. The zero-order valence-electron chi connectivity index (χ0n) is 11.6. The third-order valence-corrected chi connectivity index (χ3v) is 4.29. The Hall–Kier alpha value is -1.59. The Labute approximate surface area is 136 Å². The van der Waals surface area contributed by atoms with Crippen LogP contribution in [0.5, 0.6) is 0 Å². The van der Waals surface area contributed by atoms with E-state index in [0.717, 1.165) is 5.56 Å². The van der Waals surface area contributed by atoms with Gasteiger partial charge in [-0.05, 0) is 30.7 Å². The van der Waals surface area contributed by atoms with Crippen molar-refractivity contribution in [3.63, 3.8) is 0 Å². The maximum absolute atomic E-state index is 11.2. The van der Waals surface area contributed by atoms with E-state index in [2.05, 4.69) is 15.9 Å². The molecule has 4 nitrogen and oxygen atoms in total. The molecule has 0 bridgehead atoms. The number of rotatable bonds is 4. The molecule has 0 aliphatic rings. The molecular formula is C15H14BrClN2O2. The van der Waals surface area contributed by atoms with Crippen molar-refractivity contribution in [2.24, 2.45) is 0 Å². The van der Waals surface area contributed by atoms with Crippen LogP contribution in [0.25, 0.3) is 0 Å². The normalized spacial score (nSPS) is 12.0. The lowest BCUT2D eigenvalue weighted by Crippen LogP contribution is -2.22. The number of nitro groups is 1. The largest absolute Gasteiger partial charge is 0.362 e. The molecule has 21 heavy (non-hydrogen) atoms. The van der Waals surface area contributed by atoms with Crippen molar-refractivity contribution in [3.05, 3.63) is 67.6 Å². The van der Waals surface area contributed by atoms with Gasteiger partial charge < -0.3 is 4.90 Å². The first-order chi connectivity index (χ1) is 9.91. The minimum absolute atomic E-state index is 0.0609. The Bertz CT molecular complexity index is 678. The van der Waals surface area contributed by atoms with Gasteiger partial charge >= 0.3 is 0 Å². The van der Waals surface area contributed by atoms with Crippen LogP contribution in [0.2, 0.25) is 5.02 Å². The second kappa shape index (κ2) is 6.45. The van der Waals surface area contributed by atoms with Crippen molar-refractivity contribution >= 4 is 38.9 Å². The van der Waals surface area contributed by atoms with Crippen LogP contribution in [0.15, 0.2) is 46.9 Å². The van der Waals surface area contributed by atoms with Gasteiger partial charge in [-0.25, -0.2) is 0 Å². The van der Waals surface area contributed by atoms with Crippen LogP contribution < -0.4 is 4.90 Å². The van der Waals surface area contributed by atoms with E-state index in [9.17, 15) is 10.1 Å². The topological polar surface area (TPSA) is 46.4 Å². The Balaban J connectivity index is 2.43. The van der Waals surface area contributed by atoms with Crippen molar-refractivity contribution < 1.29 is 4.92 Å². The molecule has 0 aliphatic heterocycles. The van der Waals surface area contributed by atoms with Gasteiger partial charge in [0.15, 0.2) is 0 Å². The highest BCUT2D eigenvalue weighted by atomic mass is 79.9. The van der Waals surface area contributed by atoms with Gasteiger partial charge in [-0.3, -0.25) is 10.1 Å². The molecule has 1 atom stereocenters. The number of hydrogen-bond acceptors (Lipinski definition) is 3. The number of anilines is 1. The molecule has 0 spiro atoms. The second-order valence-corrected chi connectivity index (χ2v) is 6.02. The summed E-state index contributed by atoms with van der Waals surface area (Å²) in [6.07, 6.45) is 0. The van der Waals surface area contributed by atoms with Crippen LogP contribution in [0.3, 0.4) is 0 Å². The molecule has 2 aromatic carbocycles. The van der Waals surface area contributed by atoms with Crippen molar-refractivity contribution in [1.29, 1.82) is 0 Å². The van der Waals surface area contributed by atoms with E-state index >= 15 is 0 Å². The van der Waals surface area contributed by atoms with Crippen LogP contribution in [-0.2, 0) is 0 Å². The fourth-order valence-electron chi connectivity index (χ4n) is 2.17. The molecule has 2 rings (SSSR count). The molecule has 0 heterocycles. The third kappa shape index (κ3) is 3.36.